The number of nitrogens with one attached hydrogen (secondary N) is 1. The van der Waals surface area contributed by atoms with Crippen molar-refractivity contribution in [2.45, 2.75) is 24.9 Å². The van der Waals surface area contributed by atoms with Crippen LogP contribution in [0.5, 0.6) is 0 Å². The van der Waals surface area contributed by atoms with Crippen molar-refractivity contribution in [3.8, 4) is 0 Å². The van der Waals surface area contributed by atoms with E-state index in [0.29, 0.717) is 0 Å². The fourth-order valence-corrected chi connectivity index (χ4v) is 2.22. The van der Waals surface area contributed by atoms with Gasteiger partial charge in [-0.15, -0.1) is 11.8 Å². The van der Waals surface area contributed by atoms with Gasteiger partial charge in [-0.2, -0.15) is 0 Å². The summed E-state index contributed by atoms with van der Waals surface area (Å²) in [5, 5.41) is 3.20. The monoisotopic (exact) mass is 232 g/mol. The Morgan fingerprint density at radius 2 is 2.06 bits per heavy atom. The number of hydrogen-bond donors (Lipinski definition) is 1. The molecular formula is C13H16N2S. The van der Waals surface area contributed by atoms with Crippen molar-refractivity contribution in [2.24, 2.45) is 4.99 Å². The van der Waals surface area contributed by atoms with Crippen LogP contribution in [0.3, 0.4) is 0 Å². The predicted octanol–water partition coefficient (Wildman–Crippen LogP) is 2.99. The Labute approximate surface area is 101 Å². The third-order valence-electron chi connectivity index (χ3n) is 2.40. The minimum atomic E-state index is 0.216. The minimum Gasteiger partial charge on any atom is -0.370 e. The second kappa shape index (κ2) is 5.21. The first kappa shape index (κ1) is 11.3. The van der Waals surface area contributed by atoms with Crippen LogP contribution in [0, 0.1) is 6.92 Å². The molecule has 1 unspecified atom stereocenters. The molecule has 84 valence electrons. The van der Waals surface area contributed by atoms with Crippen molar-refractivity contribution in [3.05, 3.63) is 41.6 Å². The van der Waals surface area contributed by atoms with Gasteiger partial charge in [0.25, 0.3) is 0 Å². The SMILES string of the molecule is Cc1ccc(SCC2=CNC(C)N=C2)cc1. The zero-order chi connectivity index (χ0) is 11.4. The first-order valence-electron chi connectivity index (χ1n) is 5.42. The summed E-state index contributed by atoms with van der Waals surface area (Å²) in [4.78, 5) is 5.62. The Kier molecular flexibility index (Phi) is 3.67. The lowest BCUT2D eigenvalue weighted by Crippen LogP contribution is -2.22. The summed E-state index contributed by atoms with van der Waals surface area (Å²) in [5.74, 6) is 0.965. The van der Waals surface area contributed by atoms with Crippen LogP contribution in [0.4, 0.5) is 0 Å². The number of benzene rings is 1. The van der Waals surface area contributed by atoms with Gasteiger partial charge in [-0.25, -0.2) is 0 Å². The van der Waals surface area contributed by atoms with E-state index in [1.165, 1.54) is 16.0 Å². The Hall–Kier alpha value is -1.22. The van der Waals surface area contributed by atoms with Crippen LogP contribution in [0.15, 0.2) is 45.9 Å². The van der Waals surface area contributed by atoms with E-state index in [2.05, 4.69) is 47.7 Å². The Morgan fingerprint density at radius 3 is 2.69 bits per heavy atom. The van der Waals surface area contributed by atoms with Crippen molar-refractivity contribution >= 4 is 18.0 Å². The van der Waals surface area contributed by atoms with E-state index in [-0.39, 0.29) is 6.17 Å². The molecular weight excluding hydrogens is 216 g/mol. The number of nitrogens with zero attached hydrogens (tertiary/aromatic N) is 1. The summed E-state index contributed by atoms with van der Waals surface area (Å²) in [6, 6.07) is 8.62. The molecule has 0 aliphatic carbocycles. The van der Waals surface area contributed by atoms with E-state index in [0.717, 1.165) is 5.75 Å². The van der Waals surface area contributed by atoms with Gasteiger partial charge in [0.15, 0.2) is 0 Å². The van der Waals surface area contributed by atoms with Crippen molar-refractivity contribution in [2.75, 3.05) is 5.75 Å². The Balaban J connectivity index is 1.88. The lowest BCUT2D eigenvalue weighted by molar-refractivity contribution is 0.665. The standard InChI is InChI=1S/C13H16N2S/c1-10-3-5-13(6-4-10)16-9-12-7-14-11(2)15-8-12/h3-8,11,14H,9H2,1-2H3. The highest BCUT2D eigenvalue weighted by molar-refractivity contribution is 7.99. The van der Waals surface area contributed by atoms with Crippen LogP contribution in [0.2, 0.25) is 0 Å². The largest absolute Gasteiger partial charge is 0.370 e. The van der Waals surface area contributed by atoms with E-state index in [4.69, 9.17) is 0 Å². The zero-order valence-electron chi connectivity index (χ0n) is 9.60. The maximum atomic E-state index is 4.32. The summed E-state index contributed by atoms with van der Waals surface area (Å²) < 4.78 is 0. The number of rotatable bonds is 3. The maximum Gasteiger partial charge on any atom is 0.115 e. The van der Waals surface area contributed by atoms with Gasteiger partial charge in [-0.05, 0) is 31.6 Å². The molecule has 0 bridgehead atoms. The van der Waals surface area contributed by atoms with Crippen molar-refractivity contribution < 1.29 is 0 Å². The van der Waals surface area contributed by atoms with Crippen molar-refractivity contribution in [3.63, 3.8) is 0 Å². The summed E-state index contributed by atoms with van der Waals surface area (Å²) in [6.45, 7) is 4.15. The van der Waals surface area contributed by atoms with Crippen LogP contribution in [0.25, 0.3) is 0 Å². The third-order valence-corrected chi connectivity index (χ3v) is 3.48. The summed E-state index contributed by atoms with van der Waals surface area (Å²) in [5.41, 5.74) is 2.54. The van der Waals surface area contributed by atoms with Crippen LogP contribution in [0.1, 0.15) is 12.5 Å². The first-order chi connectivity index (χ1) is 7.74. The van der Waals surface area contributed by atoms with E-state index < -0.39 is 0 Å². The van der Waals surface area contributed by atoms with Gasteiger partial charge in [0, 0.05) is 23.1 Å². The van der Waals surface area contributed by atoms with Gasteiger partial charge in [-0.1, -0.05) is 17.7 Å². The molecule has 1 aliphatic heterocycles. The molecule has 0 aromatic heterocycles. The van der Waals surface area contributed by atoms with Gasteiger partial charge < -0.3 is 5.32 Å². The summed E-state index contributed by atoms with van der Waals surface area (Å²) in [6.07, 6.45) is 4.23. The lowest BCUT2D eigenvalue weighted by Gasteiger charge is -2.13. The highest BCUT2D eigenvalue weighted by Crippen LogP contribution is 2.20. The van der Waals surface area contributed by atoms with Crippen molar-refractivity contribution in [1.82, 2.24) is 5.32 Å². The normalized spacial score (nSPS) is 19.1. The molecule has 16 heavy (non-hydrogen) atoms. The highest BCUT2D eigenvalue weighted by atomic mass is 32.2. The molecule has 1 N–H and O–H groups in total. The summed E-state index contributed by atoms with van der Waals surface area (Å²) >= 11 is 1.84. The molecule has 2 nitrogen and oxygen atoms in total. The molecule has 0 saturated carbocycles. The van der Waals surface area contributed by atoms with Gasteiger partial charge in [0.05, 0.1) is 0 Å². The molecule has 0 radical (unpaired) electrons. The van der Waals surface area contributed by atoms with Crippen LogP contribution >= 0.6 is 11.8 Å². The third kappa shape index (κ3) is 3.14. The second-order valence-electron chi connectivity index (χ2n) is 3.94. The average molecular weight is 232 g/mol. The lowest BCUT2D eigenvalue weighted by atomic mass is 10.2. The molecule has 3 heteroatoms. The number of hydrogen-bond acceptors (Lipinski definition) is 3. The van der Waals surface area contributed by atoms with Crippen LogP contribution in [-0.4, -0.2) is 18.1 Å². The van der Waals surface area contributed by atoms with E-state index in [9.17, 15) is 0 Å². The van der Waals surface area contributed by atoms with Crippen LogP contribution < -0.4 is 5.32 Å². The zero-order valence-corrected chi connectivity index (χ0v) is 10.4. The smallest absolute Gasteiger partial charge is 0.115 e. The molecule has 0 spiro atoms. The van der Waals surface area contributed by atoms with Crippen molar-refractivity contribution in [1.29, 1.82) is 0 Å². The van der Waals surface area contributed by atoms with Gasteiger partial charge >= 0.3 is 0 Å². The van der Waals surface area contributed by atoms with Gasteiger partial charge in [-0.3, -0.25) is 4.99 Å². The molecule has 0 saturated heterocycles. The molecule has 1 aliphatic rings. The topological polar surface area (TPSA) is 24.4 Å². The molecule has 0 amide bonds. The highest BCUT2D eigenvalue weighted by Gasteiger charge is 2.03. The van der Waals surface area contributed by atoms with E-state index >= 15 is 0 Å². The summed E-state index contributed by atoms with van der Waals surface area (Å²) in [7, 11) is 0. The molecule has 0 fully saturated rings. The molecule has 1 heterocycles. The van der Waals surface area contributed by atoms with Gasteiger partial charge in [0.2, 0.25) is 0 Å². The fourth-order valence-electron chi connectivity index (χ4n) is 1.40. The Morgan fingerprint density at radius 1 is 1.31 bits per heavy atom. The molecule has 1 aromatic rings. The average Bonchev–Trinajstić information content (AvgIpc) is 2.30. The number of thioether (sulfide) groups is 1. The quantitative estimate of drug-likeness (QED) is 0.810. The molecule has 1 atom stereocenters. The minimum absolute atomic E-state index is 0.216. The number of aryl methyl sites for hydroxylation is 1. The van der Waals surface area contributed by atoms with E-state index in [1.54, 1.807) is 0 Å². The number of aliphatic imine (C=N–C) groups is 1. The van der Waals surface area contributed by atoms with Gasteiger partial charge in [0.1, 0.15) is 6.17 Å². The van der Waals surface area contributed by atoms with E-state index in [1.807, 2.05) is 24.9 Å². The predicted molar refractivity (Wildman–Crippen MR) is 71.1 cm³/mol. The second-order valence-corrected chi connectivity index (χ2v) is 4.99. The van der Waals surface area contributed by atoms with Crippen LogP contribution in [-0.2, 0) is 0 Å². The maximum absolute atomic E-state index is 4.32. The Bertz CT molecular complexity index is 406. The fraction of sp³-hybridized carbons (Fsp3) is 0.308. The molecule has 1 aromatic carbocycles. The molecule has 2 rings (SSSR count). The first-order valence-corrected chi connectivity index (χ1v) is 6.40.